The number of carboxylic acid groups (broad SMARTS) is 1. The van der Waals surface area contributed by atoms with Gasteiger partial charge in [-0.3, -0.25) is 0 Å². The molecule has 0 aliphatic rings. The van der Waals surface area contributed by atoms with E-state index in [2.05, 4.69) is 9.88 Å². The standard InChI is InChI=1S/C15H19N3O2S/c1-17(2)9-10-18(3)15-16-12(13(21-15)14(19)20)11-7-5-4-6-8-11/h4-8H,9-10H2,1-3H3,(H,19,20). The third kappa shape index (κ3) is 3.80. The van der Waals surface area contributed by atoms with Crippen molar-refractivity contribution >= 4 is 22.4 Å². The maximum absolute atomic E-state index is 11.4. The largest absolute Gasteiger partial charge is 0.477 e. The zero-order valence-corrected chi connectivity index (χ0v) is 13.2. The lowest BCUT2D eigenvalue weighted by molar-refractivity contribution is 0.0702. The van der Waals surface area contributed by atoms with Crippen LogP contribution < -0.4 is 4.90 Å². The first kappa shape index (κ1) is 15.5. The van der Waals surface area contributed by atoms with E-state index in [9.17, 15) is 9.90 Å². The van der Waals surface area contributed by atoms with Gasteiger partial charge in [-0.2, -0.15) is 0 Å². The lowest BCUT2D eigenvalue weighted by atomic mass is 10.1. The first-order chi connectivity index (χ1) is 9.99. The number of anilines is 1. The van der Waals surface area contributed by atoms with Crippen molar-refractivity contribution < 1.29 is 9.90 Å². The third-order valence-electron chi connectivity index (χ3n) is 3.07. The molecule has 112 valence electrons. The number of likely N-dealkylation sites (N-methyl/N-ethyl adjacent to an activating group) is 2. The van der Waals surface area contributed by atoms with Gasteiger partial charge in [-0.15, -0.1) is 0 Å². The van der Waals surface area contributed by atoms with Crippen molar-refractivity contribution in [3.05, 3.63) is 35.2 Å². The Morgan fingerprint density at radius 2 is 1.86 bits per heavy atom. The van der Waals surface area contributed by atoms with Gasteiger partial charge in [0.15, 0.2) is 5.13 Å². The molecule has 1 aromatic carbocycles. The molecule has 1 aromatic heterocycles. The fourth-order valence-corrected chi connectivity index (χ4v) is 2.77. The van der Waals surface area contributed by atoms with Gasteiger partial charge in [-0.25, -0.2) is 9.78 Å². The molecular formula is C15H19N3O2S. The van der Waals surface area contributed by atoms with Gasteiger partial charge in [0.1, 0.15) is 4.88 Å². The van der Waals surface area contributed by atoms with Crippen molar-refractivity contribution in [2.45, 2.75) is 0 Å². The maximum atomic E-state index is 11.4. The molecular weight excluding hydrogens is 286 g/mol. The van der Waals surface area contributed by atoms with Gasteiger partial charge in [0, 0.05) is 25.7 Å². The predicted molar refractivity (Wildman–Crippen MR) is 86.3 cm³/mol. The van der Waals surface area contributed by atoms with E-state index >= 15 is 0 Å². The van der Waals surface area contributed by atoms with Gasteiger partial charge in [-0.1, -0.05) is 41.7 Å². The summed E-state index contributed by atoms with van der Waals surface area (Å²) in [4.78, 5) is 20.3. The molecule has 0 fully saturated rings. The second-order valence-corrected chi connectivity index (χ2v) is 6.05. The third-order valence-corrected chi connectivity index (χ3v) is 4.22. The highest BCUT2D eigenvalue weighted by atomic mass is 32.1. The number of carbonyl (C=O) groups is 1. The number of thiazole rings is 1. The number of benzene rings is 1. The Bertz CT molecular complexity index is 611. The molecule has 21 heavy (non-hydrogen) atoms. The second kappa shape index (κ2) is 6.69. The quantitative estimate of drug-likeness (QED) is 0.888. The molecule has 2 aromatic rings. The molecule has 0 saturated carbocycles. The van der Waals surface area contributed by atoms with Crippen LogP contribution in [0.25, 0.3) is 11.3 Å². The van der Waals surface area contributed by atoms with Crippen molar-refractivity contribution in [1.82, 2.24) is 9.88 Å². The molecule has 0 amide bonds. The molecule has 0 saturated heterocycles. The first-order valence-electron chi connectivity index (χ1n) is 6.64. The molecule has 0 bridgehead atoms. The average Bonchev–Trinajstić information content (AvgIpc) is 2.91. The van der Waals surface area contributed by atoms with Gasteiger partial charge in [0.25, 0.3) is 0 Å². The van der Waals surface area contributed by atoms with Crippen LogP contribution in [0.3, 0.4) is 0 Å². The average molecular weight is 305 g/mol. The van der Waals surface area contributed by atoms with E-state index in [0.717, 1.165) is 23.8 Å². The number of hydrogen-bond donors (Lipinski definition) is 1. The number of aromatic nitrogens is 1. The normalized spacial score (nSPS) is 10.9. The minimum Gasteiger partial charge on any atom is -0.477 e. The number of aromatic carboxylic acids is 1. The van der Waals surface area contributed by atoms with Crippen molar-refractivity contribution in [3.63, 3.8) is 0 Å². The highest BCUT2D eigenvalue weighted by Gasteiger charge is 2.20. The van der Waals surface area contributed by atoms with E-state index in [-0.39, 0.29) is 4.88 Å². The molecule has 0 aliphatic heterocycles. The van der Waals surface area contributed by atoms with Crippen LogP contribution in [-0.2, 0) is 0 Å². The SMILES string of the molecule is CN(C)CCN(C)c1nc(-c2ccccc2)c(C(=O)O)s1. The summed E-state index contributed by atoms with van der Waals surface area (Å²) in [6.07, 6.45) is 0. The van der Waals surface area contributed by atoms with Gasteiger partial charge in [0.05, 0.1) is 5.69 Å². The van der Waals surface area contributed by atoms with Crippen molar-refractivity contribution in [1.29, 1.82) is 0 Å². The Hall–Kier alpha value is -1.92. The number of nitrogens with zero attached hydrogens (tertiary/aromatic N) is 3. The van der Waals surface area contributed by atoms with Crippen molar-refractivity contribution in [3.8, 4) is 11.3 Å². The molecule has 6 heteroatoms. The van der Waals surface area contributed by atoms with Crippen LogP contribution in [0.5, 0.6) is 0 Å². The molecule has 1 N–H and O–H groups in total. The first-order valence-corrected chi connectivity index (χ1v) is 7.46. The van der Waals surface area contributed by atoms with E-state index in [1.807, 2.05) is 56.4 Å². The predicted octanol–water partition coefficient (Wildman–Crippen LogP) is 2.51. The molecule has 0 radical (unpaired) electrons. The molecule has 0 unspecified atom stereocenters. The Morgan fingerprint density at radius 1 is 1.19 bits per heavy atom. The van der Waals surface area contributed by atoms with Crippen molar-refractivity contribution in [2.24, 2.45) is 0 Å². The van der Waals surface area contributed by atoms with Crippen LogP contribution in [0.15, 0.2) is 30.3 Å². The molecule has 0 spiro atoms. The van der Waals surface area contributed by atoms with E-state index in [1.165, 1.54) is 11.3 Å². The highest BCUT2D eigenvalue weighted by molar-refractivity contribution is 7.17. The Balaban J connectivity index is 2.31. The lowest BCUT2D eigenvalue weighted by Crippen LogP contribution is -2.28. The van der Waals surface area contributed by atoms with E-state index in [4.69, 9.17) is 0 Å². The Morgan fingerprint density at radius 3 is 2.43 bits per heavy atom. The smallest absolute Gasteiger partial charge is 0.348 e. The second-order valence-electron chi connectivity index (χ2n) is 5.07. The summed E-state index contributed by atoms with van der Waals surface area (Å²) in [6, 6.07) is 9.43. The van der Waals surface area contributed by atoms with Gasteiger partial charge >= 0.3 is 5.97 Å². The summed E-state index contributed by atoms with van der Waals surface area (Å²) >= 11 is 1.22. The molecule has 1 heterocycles. The number of carboxylic acids is 1. The van der Waals surface area contributed by atoms with Crippen LogP contribution in [0.1, 0.15) is 9.67 Å². The molecule has 2 rings (SSSR count). The van der Waals surface area contributed by atoms with E-state index in [1.54, 1.807) is 0 Å². The monoisotopic (exact) mass is 305 g/mol. The Kier molecular flexibility index (Phi) is 4.93. The van der Waals surface area contributed by atoms with Crippen LogP contribution in [-0.4, -0.2) is 55.2 Å². The van der Waals surface area contributed by atoms with Crippen molar-refractivity contribution in [2.75, 3.05) is 39.1 Å². The molecule has 5 nitrogen and oxygen atoms in total. The van der Waals surface area contributed by atoms with E-state index in [0.29, 0.717) is 5.69 Å². The summed E-state index contributed by atoms with van der Waals surface area (Å²) < 4.78 is 0. The van der Waals surface area contributed by atoms with E-state index < -0.39 is 5.97 Å². The van der Waals surface area contributed by atoms with Crippen LogP contribution in [0.2, 0.25) is 0 Å². The summed E-state index contributed by atoms with van der Waals surface area (Å²) in [7, 11) is 5.95. The van der Waals surface area contributed by atoms with Crippen LogP contribution >= 0.6 is 11.3 Å². The van der Waals surface area contributed by atoms with Crippen LogP contribution in [0.4, 0.5) is 5.13 Å². The Labute approximate surface area is 128 Å². The molecule has 0 aliphatic carbocycles. The minimum atomic E-state index is -0.932. The molecule has 0 atom stereocenters. The topological polar surface area (TPSA) is 56.7 Å². The van der Waals surface area contributed by atoms with Gasteiger partial charge in [-0.05, 0) is 14.1 Å². The number of hydrogen-bond acceptors (Lipinski definition) is 5. The summed E-state index contributed by atoms with van der Waals surface area (Å²) in [5, 5.41) is 10.1. The van der Waals surface area contributed by atoms with Crippen LogP contribution in [0, 0.1) is 0 Å². The highest BCUT2D eigenvalue weighted by Crippen LogP contribution is 2.32. The summed E-state index contributed by atoms with van der Waals surface area (Å²) in [5.41, 5.74) is 1.37. The summed E-state index contributed by atoms with van der Waals surface area (Å²) in [6.45, 7) is 1.69. The fourth-order valence-electron chi connectivity index (χ4n) is 1.85. The van der Waals surface area contributed by atoms with Gasteiger partial charge < -0.3 is 14.9 Å². The minimum absolute atomic E-state index is 0.285. The summed E-state index contributed by atoms with van der Waals surface area (Å²) in [5.74, 6) is -0.932. The number of rotatable bonds is 6. The zero-order chi connectivity index (χ0) is 15.4. The van der Waals surface area contributed by atoms with Gasteiger partial charge in [0.2, 0.25) is 0 Å². The maximum Gasteiger partial charge on any atom is 0.348 e. The fraction of sp³-hybridized carbons (Fsp3) is 0.333. The zero-order valence-electron chi connectivity index (χ0n) is 12.4. The lowest BCUT2D eigenvalue weighted by Gasteiger charge is -2.18.